The molecule has 9 heavy (non-hydrogen) atoms. The van der Waals surface area contributed by atoms with E-state index in [0.717, 1.165) is 12.2 Å². The summed E-state index contributed by atoms with van der Waals surface area (Å²) < 4.78 is 15.8. The van der Waals surface area contributed by atoms with Gasteiger partial charge in [-0.1, -0.05) is 6.92 Å². The average molecular weight is 146 g/mol. The van der Waals surface area contributed by atoms with Gasteiger partial charge in [0.25, 0.3) is 0 Å². The highest BCUT2D eigenvalue weighted by atomic mass is 32.2. The zero-order valence-corrected chi connectivity index (χ0v) is 6.40. The topological polar surface area (TPSA) is 26.3 Å². The Hall–Kier alpha value is -0.310. The molecule has 0 aliphatic carbocycles. The van der Waals surface area contributed by atoms with Gasteiger partial charge >= 0.3 is 0 Å². The number of methoxy groups -OCH3 is 1. The smallest absolute Gasteiger partial charge is 0.106 e. The van der Waals surface area contributed by atoms with Gasteiger partial charge in [-0.3, -0.25) is 4.21 Å². The van der Waals surface area contributed by atoms with Crippen LogP contribution in [0, 0.1) is 0 Å². The molecule has 0 spiro atoms. The van der Waals surface area contributed by atoms with E-state index in [1.165, 1.54) is 0 Å². The Morgan fingerprint density at radius 1 is 1.89 bits per heavy atom. The van der Waals surface area contributed by atoms with Gasteiger partial charge in [0.2, 0.25) is 0 Å². The Bertz CT molecular complexity index is 162. The molecule has 0 aromatic heterocycles. The molecule has 0 aromatic rings. The van der Waals surface area contributed by atoms with Crippen LogP contribution in [0.4, 0.5) is 0 Å². The maximum atomic E-state index is 10.9. The fraction of sp³-hybridized carbons (Fsp3) is 0.667. The van der Waals surface area contributed by atoms with Gasteiger partial charge < -0.3 is 4.74 Å². The van der Waals surface area contributed by atoms with Crippen molar-refractivity contribution in [2.75, 3.05) is 7.11 Å². The number of hydrogen-bond donors (Lipinski definition) is 0. The molecule has 2 unspecified atom stereocenters. The minimum atomic E-state index is -0.785. The summed E-state index contributed by atoms with van der Waals surface area (Å²) in [5.74, 6) is 0.862. The molecule has 3 heteroatoms. The molecule has 1 heterocycles. The fourth-order valence-corrected chi connectivity index (χ4v) is 1.80. The molecule has 0 radical (unpaired) electrons. The summed E-state index contributed by atoms with van der Waals surface area (Å²) in [5, 5.41) is 1.94. The second-order valence-electron chi connectivity index (χ2n) is 2.13. The van der Waals surface area contributed by atoms with E-state index >= 15 is 0 Å². The third kappa shape index (κ3) is 1.33. The molecule has 0 aromatic carbocycles. The lowest BCUT2D eigenvalue weighted by Crippen LogP contribution is -2.00. The number of ether oxygens (including phenoxy) is 1. The Balaban J connectivity index is 2.62. The van der Waals surface area contributed by atoms with Crippen molar-refractivity contribution in [3.63, 3.8) is 0 Å². The van der Waals surface area contributed by atoms with Crippen molar-refractivity contribution in [2.45, 2.75) is 18.6 Å². The van der Waals surface area contributed by atoms with E-state index in [0.29, 0.717) is 0 Å². The lowest BCUT2D eigenvalue weighted by Gasteiger charge is -1.98. The standard InChI is InChI=1S/C6H10O2S/c1-5-3-6(8-2)4-9(5)7/h4-5H,3H2,1-2H3. The lowest BCUT2D eigenvalue weighted by molar-refractivity contribution is 0.281. The van der Waals surface area contributed by atoms with Crippen LogP contribution >= 0.6 is 0 Å². The van der Waals surface area contributed by atoms with E-state index in [1.807, 2.05) is 6.92 Å². The van der Waals surface area contributed by atoms with E-state index in [9.17, 15) is 4.21 Å². The summed E-state index contributed by atoms with van der Waals surface area (Å²) in [7, 11) is 0.828. The van der Waals surface area contributed by atoms with Gasteiger partial charge in [0, 0.05) is 17.1 Å². The zero-order chi connectivity index (χ0) is 6.85. The van der Waals surface area contributed by atoms with Crippen LogP contribution in [0.25, 0.3) is 0 Å². The average Bonchev–Trinajstić information content (AvgIpc) is 2.13. The van der Waals surface area contributed by atoms with E-state index in [-0.39, 0.29) is 5.25 Å². The first-order chi connectivity index (χ1) is 4.24. The van der Waals surface area contributed by atoms with Crippen molar-refractivity contribution in [2.24, 2.45) is 0 Å². The van der Waals surface area contributed by atoms with E-state index in [4.69, 9.17) is 4.74 Å². The Morgan fingerprint density at radius 2 is 2.56 bits per heavy atom. The van der Waals surface area contributed by atoms with Gasteiger partial charge in [0.05, 0.1) is 17.9 Å². The fourth-order valence-electron chi connectivity index (χ4n) is 0.791. The van der Waals surface area contributed by atoms with Crippen LogP contribution in [-0.4, -0.2) is 16.6 Å². The van der Waals surface area contributed by atoms with Crippen molar-refractivity contribution in [1.82, 2.24) is 0 Å². The van der Waals surface area contributed by atoms with Crippen molar-refractivity contribution in [3.8, 4) is 0 Å². The molecule has 2 atom stereocenters. The number of hydrogen-bond acceptors (Lipinski definition) is 2. The van der Waals surface area contributed by atoms with Crippen LogP contribution < -0.4 is 0 Å². The molecule has 1 aliphatic rings. The predicted octanol–water partition coefficient (Wildman–Crippen LogP) is 1.02. The van der Waals surface area contributed by atoms with Crippen LogP contribution in [0.1, 0.15) is 13.3 Å². The third-order valence-electron chi connectivity index (χ3n) is 1.40. The SMILES string of the molecule is COC1=CS(=O)C(C)C1. The van der Waals surface area contributed by atoms with Crippen LogP contribution in [0.3, 0.4) is 0 Å². The van der Waals surface area contributed by atoms with Crippen LogP contribution in [0.5, 0.6) is 0 Å². The van der Waals surface area contributed by atoms with E-state index in [2.05, 4.69) is 0 Å². The minimum Gasteiger partial charge on any atom is -0.500 e. The summed E-state index contributed by atoms with van der Waals surface area (Å²) in [6.07, 6.45) is 0.823. The predicted molar refractivity (Wildman–Crippen MR) is 37.3 cm³/mol. The zero-order valence-electron chi connectivity index (χ0n) is 5.59. The van der Waals surface area contributed by atoms with Gasteiger partial charge in [-0.05, 0) is 0 Å². The molecule has 2 nitrogen and oxygen atoms in total. The molecule has 0 fully saturated rings. The second-order valence-corrected chi connectivity index (χ2v) is 3.83. The quantitative estimate of drug-likeness (QED) is 0.552. The van der Waals surface area contributed by atoms with Crippen molar-refractivity contribution in [3.05, 3.63) is 11.2 Å². The first-order valence-electron chi connectivity index (χ1n) is 2.88. The largest absolute Gasteiger partial charge is 0.500 e. The summed E-state index contributed by atoms with van der Waals surface area (Å²) >= 11 is 0. The lowest BCUT2D eigenvalue weighted by atomic mass is 10.3. The monoisotopic (exact) mass is 146 g/mol. The second kappa shape index (κ2) is 2.52. The molecule has 0 N–H and O–H groups in total. The molecule has 0 saturated heterocycles. The summed E-state index contributed by atoms with van der Waals surface area (Å²) in [4.78, 5) is 0. The van der Waals surface area contributed by atoms with Gasteiger partial charge in [0.1, 0.15) is 5.76 Å². The van der Waals surface area contributed by atoms with Crippen molar-refractivity contribution in [1.29, 1.82) is 0 Å². The Morgan fingerprint density at radius 3 is 2.78 bits per heavy atom. The summed E-state index contributed by atoms with van der Waals surface area (Å²) in [5.41, 5.74) is 0. The van der Waals surface area contributed by atoms with E-state index < -0.39 is 10.8 Å². The maximum absolute atomic E-state index is 10.9. The van der Waals surface area contributed by atoms with Gasteiger partial charge in [0.15, 0.2) is 0 Å². The van der Waals surface area contributed by atoms with Crippen LogP contribution in [-0.2, 0) is 15.5 Å². The minimum absolute atomic E-state index is 0.250. The highest BCUT2D eigenvalue weighted by Crippen LogP contribution is 2.20. The third-order valence-corrected chi connectivity index (χ3v) is 2.85. The number of rotatable bonds is 1. The maximum Gasteiger partial charge on any atom is 0.106 e. The Kier molecular flexibility index (Phi) is 1.90. The molecule has 1 aliphatic heterocycles. The molecular formula is C6H10O2S. The molecule has 1 rings (SSSR count). The van der Waals surface area contributed by atoms with Gasteiger partial charge in [-0.2, -0.15) is 0 Å². The van der Waals surface area contributed by atoms with E-state index in [1.54, 1.807) is 12.5 Å². The van der Waals surface area contributed by atoms with Crippen molar-refractivity contribution < 1.29 is 8.95 Å². The number of allylic oxidation sites excluding steroid dienone is 1. The molecule has 0 amide bonds. The first kappa shape index (κ1) is 6.81. The van der Waals surface area contributed by atoms with Crippen molar-refractivity contribution >= 4 is 10.8 Å². The highest BCUT2D eigenvalue weighted by molar-refractivity contribution is 7.88. The molecule has 0 saturated carbocycles. The highest BCUT2D eigenvalue weighted by Gasteiger charge is 2.19. The van der Waals surface area contributed by atoms with Crippen LogP contribution in [0.2, 0.25) is 0 Å². The van der Waals surface area contributed by atoms with Gasteiger partial charge in [-0.25, -0.2) is 0 Å². The summed E-state index contributed by atoms with van der Waals surface area (Å²) in [6, 6.07) is 0. The first-order valence-corrected chi connectivity index (χ1v) is 4.15. The summed E-state index contributed by atoms with van der Waals surface area (Å²) in [6.45, 7) is 1.96. The molecule has 52 valence electrons. The normalized spacial score (nSPS) is 34.2. The molecular weight excluding hydrogens is 136 g/mol. The Labute approximate surface area is 57.4 Å². The van der Waals surface area contributed by atoms with Gasteiger partial charge in [-0.15, -0.1) is 0 Å². The van der Waals surface area contributed by atoms with Crippen LogP contribution in [0.15, 0.2) is 11.2 Å². The molecule has 0 bridgehead atoms.